The molecule has 1 aromatic heterocycles. The predicted octanol–water partition coefficient (Wildman–Crippen LogP) is 2.71. The van der Waals surface area contributed by atoms with E-state index in [1.807, 2.05) is 12.1 Å². The van der Waals surface area contributed by atoms with Gasteiger partial charge >= 0.3 is 12.0 Å². The van der Waals surface area contributed by atoms with Gasteiger partial charge in [-0.15, -0.1) is 0 Å². The number of carbonyl (C=O) groups is 2. The highest BCUT2D eigenvalue weighted by Gasteiger charge is 2.15. The summed E-state index contributed by atoms with van der Waals surface area (Å²) in [6, 6.07) is 6.96. The zero-order chi connectivity index (χ0) is 14.5. The first kappa shape index (κ1) is 14.5. The van der Waals surface area contributed by atoms with E-state index in [0.29, 0.717) is 5.56 Å². The van der Waals surface area contributed by atoms with Crippen LogP contribution in [0.5, 0.6) is 0 Å². The molecule has 1 heterocycles. The SMILES string of the molecule is CCOC(=O)c1coc(NC(=O)c2ccc(I)cc2)n1. The molecule has 2 rings (SSSR count). The summed E-state index contributed by atoms with van der Waals surface area (Å²) in [6.07, 6.45) is 1.14. The fourth-order valence-corrected chi connectivity index (χ4v) is 1.76. The maximum absolute atomic E-state index is 11.9. The highest BCUT2D eigenvalue weighted by molar-refractivity contribution is 14.1. The van der Waals surface area contributed by atoms with Crippen LogP contribution >= 0.6 is 22.6 Å². The number of nitrogens with one attached hydrogen (secondary N) is 1. The summed E-state index contributed by atoms with van der Waals surface area (Å²) in [5.74, 6) is -0.954. The van der Waals surface area contributed by atoms with Crippen molar-refractivity contribution < 1.29 is 18.7 Å². The second-order valence-electron chi connectivity index (χ2n) is 3.72. The number of benzene rings is 1. The third-order valence-electron chi connectivity index (χ3n) is 2.32. The topological polar surface area (TPSA) is 81.4 Å². The highest BCUT2D eigenvalue weighted by atomic mass is 127. The third-order valence-corrected chi connectivity index (χ3v) is 3.03. The Morgan fingerprint density at radius 2 is 2.05 bits per heavy atom. The van der Waals surface area contributed by atoms with Crippen LogP contribution in [0.3, 0.4) is 0 Å². The van der Waals surface area contributed by atoms with Crippen LogP contribution in [0.15, 0.2) is 34.9 Å². The van der Waals surface area contributed by atoms with Crippen LogP contribution in [0, 0.1) is 3.57 Å². The van der Waals surface area contributed by atoms with Gasteiger partial charge in [0.2, 0.25) is 0 Å². The average Bonchev–Trinajstić information content (AvgIpc) is 2.88. The summed E-state index contributed by atoms with van der Waals surface area (Å²) < 4.78 is 10.8. The Kier molecular flexibility index (Phi) is 4.72. The van der Waals surface area contributed by atoms with Crippen LogP contribution < -0.4 is 5.32 Å². The van der Waals surface area contributed by atoms with Gasteiger partial charge < -0.3 is 9.15 Å². The largest absolute Gasteiger partial charge is 0.461 e. The van der Waals surface area contributed by atoms with Crippen molar-refractivity contribution in [2.75, 3.05) is 11.9 Å². The van der Waals surface area contributed by atoms with Gasteiger partial charge in [-0.2, -0.15) is 4.98 Å². The van der Waals surface area contributed by atoms with Gasteiger partial charge in [-0.25, -0.2) is 4.79 Å². The maximum atomic E-state index is 11.9. The maximum Gasteiger partial charge on any atom is 0.360 e. The molecule has 0 aliphatic rings. The summed E-state index contributed by atoms with van der Waals surface area (Å²) in [6.45, 7) is 1.94. The standard InChI is InChI=1S/C13H11IN2O4/c1-2-19-12(18)10-7-20-13(15-10)16-11(17)8-3-5-9(14)6-4-8/h3-7H,2H2,1H3,(H,15,16,17). The molecule has 0 spiro atoms. The zero-order valence-electron chi connectivity index (χ0n) is 10.6. The fraction of sp³-hybridized carbons (Fsp3) is 0.154. The molecule has 0 fully saturated rings. The molecule has 0 radical (unpaired) electrons. The van der Waals surface area contributed by atoms with Gasteiger partial charge in [0, 0.05) is 9.13 Å². The summed E-state index contributed by atoms with van der Waals surface area (Å²) in [7, 11) is 0. The number of hydrogen-bond donors (Lipinski definition) is 1. The van der Waals surface area contributed by atoms with Crippen LogP contribution in [0.2, 0.25) is 0 Å². The molecule has 0 aliphatic carbocycles. The number of aromatic nitrogens is 1. The molecule has 1 N–H and O–H groups in total. The van der Waals surface area contributed by atoms with Crippen molar-refractivity contribution in [2.45, 2.75) is 6.92 Å². The van der Waals surface area contributed by atoms with Gasteiger partial charge in [0.15, 0.2) is 5.69 Å². The van der Waals surface area contributed by atoms with E-state index in [-0.39, 0.29) is 24.2 Å². The lowest BCUT2D eigenvalue weighted by Gasteiger charge is -2.00. The Balaban J connectivity index is 2.05. The molecule has 0 atom stereocenters. The van der Waals surface area contributed by atoms with Crippen LogP contribution in [-0.2, 0) is 4.74 Å². The minimum Gasteiger partial charge on any atom is -0.461 e. The number of nitrogens with zero attached hydrogens (tertiary/aromatic N) is 1. The molecule has 2 aromatic rings. The monoisotopic (exact) mass is 386 g/mol. The quantitative estimate of drug-likeness (QED) is 0.646. The Hall–Kier alpha value is -1.90. The van der Waals surface area contributed by atoms with E-state index in [1.165, 1.54) is 0 Å². The molecule has 20 heavy (non-hydrogen) atoms. The Morgan fingerprint density at radius 3 is 2.70 bits per heavy atom. The van der Waals surface area contributed by atoms with Crippen molar-refractivity contribution in [2.24, 2.45) is 0 Å². The first-order valence-electron chi connectivity index (χ1n) is 5.79. The van der Waals surface area contributed by atoms with Crippen molar-refractivity contribution in [3.8, 4) is 0 Å². The van der Waals surface area contributed by atoms with Crippen molar-refractivity contribution >= 4 is 40.5 Å². The predicted molar refractivity (Wildman–Crippen MR) is 79.6 cm³/mol. The molecule has 1 amide bonds. The van der Waals surface area contributed by atoms with Crippen molar-refractivity contribution in [1.82, 2.24) is 4.98 Å². The van der Waals surface area contributed by atoms with E-state index >= 15 is 0 Å². The van der Waals surface area contributed by atoms with Crippen LogP contribution in [0.25, 0.3) is 0 Å². The van der Waals surface area contributed by atoms with E-state index in [2.05, 4.69) is 32.9 Å². The van der Waals surface area contributed by atoms with Crippen molar-refractivity contribution in [3.63, 3.8) is 0 Å². The average molecular weight is 386 g/mol. The Labute approximate surface area is 128 Å². The highest BCUT2D eigenvalue weighted by Crippen LogP contribution is 2.12. The Morgan fingerprint density at radius 1 is 1.35 bits per heavy atom. The molecular weight excluding hydrogens is 375 g/mol. The minimum atomic E-state index is -0.592. The third kappa shape index (κ3) is 3.56. The van der Waals surface area contributed by atoms with Gasteiger partial charge in [0.05, 0.1) is 6.61 Å². The zero-order valence-corrected chi connectivity index (χ0v) is 12.7. The lowest BCUT2D eigenvalue weighted by atomic mass is 10.2. The second kappa shape index (κ2) is 6.51. The van der Waals surface area contributed by atoms with Crippen LogP contribution in [0.4, 0.5) is 6.01 Å². The molecule has 1 aromatic carbocycles. The number of oxazole rings is 1. The second-order valence-corrected chi connectivity index (χ2v) is 4.97. The van der Waals surface area contributed by atoms with E-state index in [9.17, 15) is 9.59 Å². The minimum absolute atomic E-state index is 0.0183. The van der Waals surface area contributed by atoms with Gasteiger partial charge in [-0.1, -0.05) is 0 Å². The van der Waals surface area contributed by atoms with Gasteiger partial charge in [0.25, 0.3) is 5.91 Å². The van der Waals surface area contributed by atoms with E-state index < -0.39 is 5.97 Å². The fourth-order valence-electron chi connectivity index (χ4n) is 1.40. The molecule has 0 unspecified atom stereocenters. The lowest BCUT2D eigenvalue weighted by molar-refractivity contribution is 0.0519. The summed E-state index contributed by atoms with van der Waals surface area (Å²) in [5, 5.41) is 2.47. The van der Waals surface area contributed by atoms with E-state index in [0.717, 1.165) is 9.83 Å². The number of ether oxygens (including phenoxy) is 1. The summed E-state index contributed by atoms with van der Waals surface area (Å²) in [5.41, 5.74) is 0.492. The molecule has 104 valence electrons. The number of amides is 1. The number of hydrogen-bond acceptors (Lipinski definition) is 5. The number of halogens is 1. The molecule has 0 aliphatic heterocycles. The van der Waals surface area contributed by atoms with Crippen molar-refractivity contribution in [3.05, 3.63) is 45.4 Å². The van der Waals surface area contributed by atoms with Gasteiger partial charge in [0.1, 0.15) is 6.26 Å². The molecule has 6 nitrogen and oxygen atoms in total. The van der Waals surface area contributed by atoms with Gasteiger partial charge in [-0.05, 0) is 53.8 Å². The van der Waals surface area contributed by atoms with Crippen LogP contribution in [-0.4, -0.2) is 23.5 Å². The molecular formula is C13H11IN2O4. The van der Waals surface area contributed by atoms with E-state index in [1.54, 1.807) is 19.1 Å². The molecule has 0 bridgehead atoms. The number of esters is 1. The van der Waals surface area contributed by atoms with E-state index in [4.69, 9.17) is 9.15 Å². The summed E-state index contributed by atoms with van der Waals surface area (Å²) >= 11 is 2.15. The molecule has 0 saturated heterocycles. The molecule has 0 saturated carbocycles. The summed E-state index contributed by atoms with van der Waals surface area (Å²) in [4.78, 5) is 27.1. The first-order valence-corrected chi connectivity index (χ1v) is 6.87. The number of anilines is 1. The number of rotatable bonds is 4. The first-order chi connectivity index (χ1) is 9.60. The van der Waals surface area contributed by atoms with Crippen LogP contribution in [0.1, 0.15) is 27.8 Å². The normalized spacial score (nSPS) is 10.1. The number of carbonyl (C=O) groups excluding carboxylic acids is 2. The lowest BCUT2D eigenvalue weighted by Crippen LogP contribution is -2.12. The van der Waals surface area contributed by atoms with Crippen molar-refractivity contribution in [1.29, 1.82) is 0 Å². The van der Waals surface area contributed by atoms with Gasteiger partial charge in [-0.3, -0.25) is 10.1 Å². The smallest absolute Gasteiger partial charge is 0.360 e. The molecule has 7 heteroatoms. The Bertz CT molecular complexity index is 622.